The van der Waals surface area contributed by atoms with Gasteiger partial charge < -0.3 is 14.8 Å². The second kappa shape index (κ2) is 10.8. The Morgan fingerprint density at radius 2 is 1.83 bits per heavy atom. The molecule has 5 nitrogen and oxygen atoms in total. The van der Waals surface area contributed by atoms with Crippen molar-refractivity contribution >= 4 is 11.5 Å². The maximum Gasteiger partial charge on any atom is 0.244 e. The van der Waals surface area contributed by atoms with Crippen molar-refractivity contribution in [2.75, 3.05) is 40.0 Å². The molecule has 1 amide bonds. The van der Waals surface area contributed by atoms with Gasteiger partial charge in [0.05, 0.1) is 26.4 Å². The van der Waals surface area contributed by atoms with E-state index in [4.69, 9.17) is 9.47 Å². The van der Waals surface area contributed by atoms with E-state index in [1.54, 1.807) is 13.2 Å². The van der Waals surface area contributed by atoms with Crippen LogP contribution in [0.3, 0.4) is 0 Å². The minimum atomic E-state index is -0.0579. The third-order valence-corrected chi connectivity index (χ3v) is 5.29. The van der Waals surface area contributed by atoms with E-state index < -0.39 is 0 Å². The third-order valence-electron chi connectivity index (χ3n) is 5.29. The molecule has 5 heteroatoms. The molecule has 1 aliphatic heterocycles. The van der Waals surface area contributed by atoms with E-state index in [-0.39, 0.29) is 11.9 Å². The molecule has 1 fully saturated rings. The average molecular weight is 395 g/mol. The molecule has 1 aliphatic rings. The second-order valence-electron chi connectivity index (χ2n) is 7.07. The van der Waals surface area contributed by atoms with Crippen molar-refractivity contribution in [1.29, 1.82) is 0 Å². The number of nitrogens with one attached hydrogen (secondary N) is 1. The highest BCUT2D eigenvalue weighted by Gasteiger charge is 2.23. The Morgan fingerprint density at radius 3 is 2.45 bits per heavy atom. The van der Waals surface area contributed by atoms with Gasteiger partial charge in [-0.2, -0.15) is 0 Å². The predicted octanol–water partition coefficient (Wildman–Crippen LogP) is 3.68. The first-order valence-corrected chi connectivity index (χ1v) is 10.2. The van der Waals surface area contributed by atoms with Crippen molar-refractivity contribution in [3.63, 3.8) is 0 Å². The quantitative estimate of drug-likeness (QED) is 0.694. The number of nitrogens with zero attached hydrogens (tertiary/aromatic N) is 1. The van der Waals surface area contributed by atoms with Crippen LogP contribution in [0.1, 0.15) is 30.5 Å². The number of carbonyl (C=O) groups is 1. The smallest absolute Gasteiger partial charge is 0.244 e. The molecule has 0 saturated carbocycles. The summed E-state index contributed by atoms with van der Waals surface area (Å²) in [5.74, 6) is 0.773. The first-order chi connectivity index (χ1) is 14.2. The summed E-state index contributed by atoms with van der Waals surface area (Å²) in [4.78, 5) is 15.0. The van der Waals surface area contributed by atoms with Crippen LogP contribution in [0.15, 0.2) is 60.7 Å². The standard InChI is InChI=1S/C24H30N2O3/c1-3-19(20-7-5-4-6-8-20)17-24(27)25-18-23(26-13-15-29-16-14-26)21-9-11-22(28-2)12-10-21/h4-12,17,23H,3,13-16,18H2,1-2H3,(H,25,27)/b19-17+. The fourth-order valence-corrected chi connectivity index (χ4v) is 3.62. The molecule has 1 heterocycles. The molecule has 1 N–H and O–H groups in total. The molecule has 1 saturated heterocycles. The number of allylic oxidation sites excluding steroid dienone is 1. The van der Waals surface area contributed by atoms with Gasteiger partial charge in [-0.1, -0.05) is 49.4 Å². The number of rotatable bonds is 8. The minimum absolute atomic E-state index is 0.0579. The third kappa shape index (κ3) is 5.92. The highest BCUT2D eigenvalue weighted by molar-refractivity contribution is 5.95. The molecular weight excluding hydrogens is 364 g/mol. The number of hydrogen-bond donors (Lipinski definition) is 1. The van der Waals surface area contributed by atoms with Gasteiger partial charge in [0.15, 0.2) is 0 Å². The SMILES string of the molecule is CC/C(=C\C(=O)NCC(c1ccc(OC)cc1)N1CCOCC1)c1ccccc1. The summed E-state index contributed by atoms with van der Waals surface area (Å²) in [6.45, 7) is 5.76. The van der Waals surface area contributed by atoms with Crippen LogP contribution in [-0.2, 0) is 9.53 Å². The highest BCUT2D eigenvalue weighted by Crippen LogP contribution is 2.24. The Balaban J connectivity index is 1.71. The van der Waals surface area contributed by atoms with E-state index in [0.29, 0.717) is 19.8 Å². The van der Waals surface area contributed by atoms with E-state index in [1.165, 1.54) is 0 Å². The molecule has 0 bridgehead atoms. The summed E-state index contributed by atoms with van der Waals surface area (Å²) >= 11 is 0. The number of hydrogen-bond acceptors (Lipinski definition) is 4. The van der Waals surface area contributed by atoms with Gasteiger partial charge in [-0.15, -0.1) is 0 Å². The topological polar surface area (TPSA) is 50.8 Å². The van der Waals surface area contributed by atoms with Crippen LogP contribution in [0.5, 0.6) is 5.75 Å². The molecule has 29 heavy (non-hydrogen) atoms. The highest BCUT2D eigenvalue weighted by atomic mass is 16.5. The summed E-state index contributed by atoms with van der Waals surface area (Å²) < 4.78 is 10.8. The number of amides is 1. The molecule has 0 spiro atoms. The van der Waals surface area contributed by atoms with Crippen LogP contribution in [-0.4, -0.2) is 50.8 Å². The molecule has 0 aliphatic carbocycles. The van der Waals surface area contributed by atoms with Crippen LogP contribution >= 0.6 is 0 Å². The molecule has 2 aromatic carbocycles. The Hall–Kier alpha value is -2.63. The lowest BCUT2D eigenvalue weighted by atomic mass is 10.0. The zero-order chi connectivity index (χ0) is 20.5. The number of carbonyl (C=O) groups excluding carboxylic acids is 1. The summed E-state index contributed by atoms with van der Waals surface area (Å²) in [5.41, 5.74) is 3.29. The van der Waals surface area contributed by atoms with Crippen molar-refractivity contribution in [2.24, 2.45) is 0 Å². The largest absolute Gasteiger partial charge is 0.497 e. The summed E-state index contributed by atoms with van der Waals surface area (Å²) in [6, 6.07) is 18.2. The van der Waals surface area contributed by atoms with Crippen molar-refractivity contribution in [2.45, 2.75) is 19.4 Å². The molecule has 0 radical (unpaired) electrons. The van der Waals surface area contributed by atoms with Gasteiger partial charge in [-0.05, 0) is 35.3 Å². The Morgan fingerprint density at radius 1 is 1.14 bits per heavy atom. The van der Waals surface area contributed by atoms with Crippen molar-refractivity contribution in [1.82, 2.24) is 10.2 Å². The van der Waals surface area contributed by atoms with Gasteiger partial charge in [0.25, 0.3) is 0 Å². The van der Waals surface area contributed by atoms with Crippen molar-refractivity contribution < 1.29 is 14.3 Å². The first-order valence-electron chi connectivity index (χ1n) is 10.2. The fraction of sp³-hybridized carbons (Fsp3) is 0.375. The van der Waals surface area contributed by atoms with Gasteiger partial charge in [0.1, 0.15) is 5.75 Å². The molecule has 1 unspecified atom stereocenters. The average Bonchev–Trinajstić information content (AvgIpc) is 2.79. The fourth-order valence-electron chi connectivity index (χ4n) is 3.62. The minimum Gasteiger partial charge on any atom is -0.497 e. The van der Waals surface area contributed by atoms with Crippen LogP contribution < -0.4 is 10.1 Å². The second-order valence-corrected chi connectivity index (χ2v) is 7.07. The first kappa shape index (κ1) is 21.1. The molecule has 1 atom stereocenters. The molecule has 3 rings (SSSR count). The van der Waals surface area contributed by atoms with Gasteiger partial charge in [0.2, 0.25) is 5.91 Å². The number of morpholine rings is 1. The normalized spacial score (nSPS) is 16.3. The van der Waals surface area contributed by atoms with Gasteiger partial charge in [0, 0.05) is 25.7 Å². The lowest BCUT2D eigenvalue weighted by molar-refractivity contribution is -0.116. The van der Waals surface area contributed by atoms with E-state index in [2.05, 4.69) is 29.3 Å². The molecule has 2 aromatic rings. The van der Waals surface area contributed by atoms with E-state index >= 15 is 0 Å². The molecule has 0 aromatic heterocycles. The van der Waals surface area contributed by atoms with Crippen molar-refractivity contribution in [3.05, 3.63) is 71.8 Å². The van der Waals surface area contributed by atoms with Gasteiger partial charge >= 0.3 is 0 Å². The number of methoxy groups -OCH3 is 1. The van der Waals surface area contributed by atoms with E-state index in [0.717, 1.165) is 42.0 Å². The zero-order valence-corrected chi connectivity index (χ0v) is 17.3. The maximum absolute atomic E-state index is 12.7. The monoisotopic (exact) mass is 394 g/mol. The lowest BCUT2D eigenvalue weighted by Crippen LogP contribution is -2.43. The van der Waals surface area contributed by atoms with Gasteiger partial charge in [-0.3, -0.25) is 9.69 Å². The maximum atomic E-state index is 12.7. The zero-order valence-electron chi connectivity index (χ0n) is 17.3. The number of benzene rings is 2. The van der Waals surface area contributed by atoms with Crippen LogP contribution in [0.2, 0.25) is 0 Å². The summed E-state index contributed by atoms with van der Waals surface area (Å²) in [6.07, 6.45) is 2.53. The van der Waals surface area contributed by atoms with Crippen molar-refractivity contribution in [3.8, 4) is 5.75 Å². The van der Waals surface area contributed by atoms with Crippen LogP contribution in [0.4, 0.5) is 0 Å². The number of ether oxygens (including phenoxy) is 2. The van der Waals surface area contributed by atoms with E-state index in [1.807, 2.05) is 42.5 Å². The Labute approximate surface area is 173 Å². The summed E-state index contributed by atoms with van der Waals surface area (Å²) in [5, 5.41) is 3.11. The van der Waals surface area contributed by atoms with Gasteiger partial charge in [-0.25, -0.2) is 0 Å². The predicted molar refractivity (Wildman–Crippen MR) is 116 cm³/mol. The Bertz CT molecular complexity index is 797. The molecular formula is C24H30N2O3. The Kier molecular flexibility index (Phi) is 7.85. The van der Waals surface area contributed by atoms with Crippen LogP contribution in [0, 0.1) is 0 Å². The lowest BCUT2D eigenvalue weighted by Gasteiger charge is -2.35. The molecule has 154 valence electrons. The van der Waals surface area contributed by atoms with E-state index in [9.17, 15) is 4.79 Å². The van der Waals surface area contributed by atoms with Crippen LogP contribution in [0.25, 0.3) is 5.57 Å². The summed E-state index contributed by atoms with van der Waals surface area (Å²) in [7, 11) is 1.67.